The maximum Gasteiger partial charge on any atom is -0.00935 e. The number of hydrogen-bond donors (Lipinski definition) is 1. The average Bonchev–Trinajstić information content (AvgIpc) is 2.14. The van der Waals surface area contributed by atoms with Gasteiger partial charge >= 0.3 is 0 Å². The Bertz CT molecular complexity index is 119. The van der Waals surface area contributed by atoms with Gasteiger partial charge in [-0.3, -0.25) is 0 Å². The van der Waals surface area contributed by atoms with Crippen molar-refractivity contribution in [2.45, 2.75) is 0 Å². The molecule has 0 aliphatic heterocycles. The third-order valence-corrected chi connectivity index (χ3v) is 0.951. The van der Waals surface area contributed by atoms with Gasteiger partial charge in [-0.2, -0.15) is 24.3 Å². The molecule has 0 aliphatic rings. The zero-order valence-corrected chi connectivity index (χ0v) is 4.31. The molecule has 0 amide bonds. The van der Waals surface area contributed by atoms with Crippen molar-refractivity contribution >= 4 is 5.69 Å². The molecular formula is C6H8N-. The van der Waals surface area contributed by atoms with E-state index in [2.05, 4.69) is 5.32 Å². The highest BCUT2D eigenvalue weighted by Gasteiger charge is 1.67. The summed E-state index contributed by atoms with van der Waals surface area (Å²) in [4.78, 5) is 0. The van der Waals surface area contributed by atoms with Gasteiger partial charge in [0.2, 0.25) is 0 Å². The highest BCUT2D eigenvalue weighted by molar-refractivity contribution is 5.42. The van der Waals surface area contributed by atoms with Gasteiger partial charge in [-0.1, -0.05) is 0 Å². The first kappa shape index (κ1) is 4.31. The van der Waals surface area contributed by atoms with Crippen LogP contribution in [-0.2, 0) is 0 Å². The minimum atomic E-state index is 1.18. The maximum atomic E-state index is 3.01. The molecule has 0 aromatic heterocycles. The normalized spacial score (nSPS) is 8.71. The Morgan fingerprint density at radius 3 is 2.86 bits per heavy atom. The molecule has 1 nitrogen and oxygen atoms in total. The molecule has 0 heterocycles. The SMILES string of the molecule is CNc1cc[cH-]c1. The first-order chi connectivity index (χ1) is 3.43. The van der Waals surface area contributed by atoms with E-state index in [4.69, 9.17) is 0 Å². The van der Waals surface area contributed by atoms with E-state index in [1.54, 1.807) is 0 Å². The minimum absolute atomic E-state index is 1.18. The van der Waals surface area contributed by atoms with Gasteiger partial charge in [0, 0.05) is 0 Å². The second-order valence-corrected chi connectivity index (χ2v) is 1.42. The predicted molar refractivity (Wildman–Crippen MR) is 31.6 cm³/mol. The van der Waals surface area contributed by atoms with E-state index in [0.29, 0.717) is 0 Å². The van der Waals surface area contributed by atoms with Crippen LogP contribution in [0.3, 0.4) is 0 Å². The summed E-state index contributed by atoms with van der Waals surface area (Å²) in [5.41, 5.74) is 1.18. The summed E-state index contributed by atoms with van der Waals surface area (Å²) in [6.45, 7) is 0. The summed E-state index contributed by atoms with van der Waals surface area (Å²) < 4.78 is 0. The summed E-state index contributed by atoms with van der Waals surface area (Å²) in [7, 11) is 1.91. The fraction of sp³-hybridized carbons (Fsp3) is 0.167. The largest absolute Gasteiger partial charge is 0.449 e. The van der Waals surface area contributed by atoms with Crippen molar-refractivity contribution in [1.29, 1.82) is 0 Å². The molecule has 0 bridgehead atoms. The zero-order chi connectivity index (χ0) is 5.11. The van der Waals surface area contributed by atoms with E-state index in [1.165, 1.54) is 5.69 Å². The van der Waals surface area contributed by atoms with Gasteiger partial charge in [0.15, 0.2) is 0 Å². The number of rotatable bonds is 1. The van der Waals surface area contributed by atoms with Gasteiger partial charge in [0.1, 0.15) is 0 Å². The molecule has 7 heavy (non-hydrogen) atoms. The molecule has 0 atom stereocenters. The lowest BCUT2D eigenvalue weighted by Gasteiger charge is -1.97. The molecule has 38 valence electrons. The van der Waals surface area contributed by atoms with Crippen LogP contribution >= 0.6 is 0 Å². The molecule has 0 saturated heterocycles. The van der Waals surface area contributed by atoms with Gasteiger partial charge in [0.25, 0.3) is 0 Å². The molecule has 0 unspecified atom stereocenters. The van der Waals surface area contributed by atoms with E-state index in [0.717, 1.165) is 0 Å². The highest BCUT2D eigenvalue weighted by Crippen LogP contribution is 2.03. The second kappa shape index (κ2) is 1.73. The first-order valence-corrected chi connectivity index (χ1v) is 2.33. The van der Waals surface area contributed by atoms with Crippen LogP contribution in [0.1, 0.15) is 0 Å². The topological polar surface area (TPSA) is 12.0 Å². The van der Waals surface area contributed by atoms with Crippen LogP contribution < -0.4 is 5.32 Å². The Labute approximate surface area is 43.3 Å². The van der Waals surface area contributed by atoms with Crippen LogP contribution in [0.5, 0.6) is 0 Å². The van der Waals surface area contributed by atoms with Crippen LogP contribution in [0.4, 0.5) is 5.69 Å². The molecule has 1 rings (SSSR count). The molecule has 1 heteroatoms. The van der Waals surface area contributed by atoms with Crippen molar-refractivity contribution in [3.8, 4) is 0 Å². The minimum Gasteiger partial charge on any atom is -0.449 e. The van der Waals surface area contributed by atoms with Gasteiger partial charge in [-0.15, -0.1) is 5.69 Å². The Morgan fingerprint density at radius 1 is 1.71 bits per heavy atom. The van der Waals surface area contributed by atoms with Crippen LogP contribution in [0.2, 0.25) is 0 Å². The van der Waals surface area contributed by atoms with Crippen LogP contribution in [0.25, 0.3) is 0 Å². The summed E-state index contributed by atoms with van der Waals surface area (Å²) in [5.74, 6) is 0. The quantitative estimate of drug-likeness (QED) is 0.519. The number of nitrogens with one attached hydrogen (secondary N) is 1. The lowest BCUT2D eigenvalue weighted by Crippen LogP contribution is -1.81. The lowest BCUT2D eigenvalue weighted by molar-refractivity contribution is 1.56. The van der Waals surface area contributed by atoms with Crippen molar-refractivity contribution in [3.63, 3.8) is 0 Å². The third-order valence-electron chi connectivity index (χ3n) is 0.951. The van der Waals surface area contributed by atoms with Crippen LogP contribution in [0.15, 0.2) is 24.3 Å². The lowest BCUT2D eigenvalue weighted by atomic mass is 10.5. The van der Waals surface area contributed by atoms with Crippen molar-refractivity contribution < 1.29 is 0 Å². The standard InChI is InChI=1S/C6H8N/c1-7-6-4-2-3-5-6/h2-5,7H,1H3/q-1. The molecule has 0 radical (unpaired) electrons. The van der Waals surface area contributed by atoms with Crippen molar-refractivity contribution in [1.82, 2.24) is 0 Å². The van der Waals surface area contributed by atoms with Gasteiger partial charge < -0.3 is 5.32 Å². The Hall–Kier alpha value is -0.850. The Kier molecular flexibility index (Phi) is 1.07. The number of hydrogen-bond acceptors (Lipinski definition) is 1. The molecule has 0 spiro atoms. The second-order valence-electron chi connectivity index (χ2n) is 1.42. The van der Waals surface area contributed by atoms with Gasteiger partial charge in [-0.25, -0.2) is 0 Å². The van der Waals surface area contributed by atoms with Crippen molar-refractivity contribution in [2.24, 2.45) is 0 Å². The van der Waals surface area contributed by atoms with Crippen molar-refractivity contribution in [2.75, 3.05) is 12.4 Å². The molecule has 0 fully saturated rings. The van der Waals surface area contributed by atoms with E-state index in [9.17, 15) is 0 Å². The average molecular weight is 94.1 g/mol. The fourth-order valence-corrected chi connectivity index (χ4v) is 0.541. The summed E-state index contributed by atoms with van der Waals surface area (Å²) in [5, 5.41) is 3.01. The molecule has 0 saturated carbocycles. The summed E-state index contributed by atoms with van der Waals surface area (Å²) >= 11 is 0. The fourth-order valence-electron chi connectivity index (χ4n) is 0.541. The van der Waals surface area contributed by atoms with E-state index >= 15 is 0 Å². The van der Waals surface area contributed by atoms with E-state index in [1.807, 2.05) is 31.3 Å². The molecular weight excluding hydrogens is 86.1 g/mol. The first-order valence-electron chi connectivity index (χ1n) is 2.33. The van der Waals surface area contributed by atoms with Gasteiger partial charge in [0.05, 0.1) is 0 Å². The monoisotopic (exact) mass is 94.1 g/mol. The number of anilines is 1. The summed E-state index contributed by atoms with van der Waals surface area (Å²) in [6.07, 6.45) is 0. The predicted octanol–water partition coefficient (Wildman–Crippen LogP) is 1.45. The molecule has 1 aromatic carbocycles. The van der Waals surface area contributed by atoms with Crippen molar-refractivity contribution in [3.05, 3.63) is 24.3 Å². The maximum absolute atomic E-state index is 3.01. The van der Waals surface area contributed by atoms with E-state index in [-0.39, 0.29) is 0 Å². The van der Waals surface area contributed by atoms with E-state index < -0.39 is 0 Å². The third kappa shape index (κ3) is 0.769. The summed E-state index contributed by atoms with van der Waals surface area (Å²) in [6, 6.07) is 8.07. The Morgan fingerprint density at radius 2 is 2.57 bits per heavy atom. The van der Waals surface area contributed by atoms with Gasteiger partial charge in [-0.05, 0) is 7.05 Å². The zero-order valence-electron chi connectivity index (χ0n) is 4.31. The smallest absolute Gasteiger partial charge is 0.00935 e. The molecule has 1 N–H and O–H groups in total. The van der Waals surface area contributed by atoms with Crippen LogP contribution in [-0.4, -0.2) is 7.05 Å². The highest BCUT2D eigenvalue weighted by atomic mass is 14.8. The van der Waals surface area contributed by atoms with Crippen LogP contribution in [0, 0.1) is 0 Å². The molecule has 0 aliphatic carbocycles. The Balaban J connectivity index is 2.76. The molecule has 1 aromatic rings.